The van der Waals surface area contributed by atoms with E-state index in [9.17, 15) is 4.79 Å². The lowest BCUT2D eigenvalue weighted by Gasteiger charge is -2.20. The highest BCUT2D eigenvalue weighted by Crippen LogP contribution is 2.25. The maximum atomic E-state index is 11.8. The van der Waals surface area contributed by atoms with E-state index in [1.807, 2.05) is 30.3 Å². The van der Waals surface area contributed by atoms with E-state index in [1.54, 1.807) is 0 Å². The summed E-state index contributed by atoms with van der Waals surface area (Å²) >= 11 is 5.02. The first kappa shape index (κ1) is 12.8. The molecule has 0 saturated heterocycles. The largest absolute Gasteiger partial charge is 0.393 e. The zero-order chi connectivity index (χ0) is 13.0. The van der Waals surface area contributed by atoms with E-state index in [0.29, 0.717) is 4.99 Å². The van der Waals surface area contributed by atoms with E-state index in [-0.39, 0.29) is 18.0 Å². The number of para-hydroxylation sites is 1. The van der Waals surface area contributed by atoms with Crippen molar-refractivity contribution in [3.8, 4) is 0 Å². The van der Waals surface area contributed by atoms with Crippen LogP contribution in [0.2, 0.25) is 0 Å². The molecule has 2 atom stereocenters. The Bertz CT molecular complexity index is 435. The van der Waals surface area contributed by atoms with E-state index in [0.717, 1.165) is 24.9 Å². The predicted octanol–water partition coefficient (Wildman–Crippen LogP) is 2.26. The monoisotopic (exact) mass is 263 g/mol. The summed E-state index contributed by atoms with van der Waals surface area (Å²) in [4.78, 5) is 12.3. The van der Waals surface area contributed by atoms with Crippen LogP contribution in [-0.4, -0.2) is 17.1 Å². The first-order chi connectivity index (χ1) is 8.66. The lowest BCUT2D eigenvalue weighted by molar-refractivity contribution is 0.247. The molecule has 0 spiro atoms. The second-order valence-corrected chi connectivity index (χ2v) is 4.98. The van der Waals surface area contributed by atoms with Gasteiger partial charge in [0.05, 0.1) is 4.99 Å². The number of urea groups is 1. The van der Waals surface area contributed by atoms with E-state index >= 15 is 0 Å². The molecule has 1 aromatic carbocycles. The summed E-state index contributed by atoms with van der Waals surface area (Å²) < 4.78 is 0. The Morgan fingerprint density at radius 2 is 2.00 bits per heavy atom. The van der Waals surface area contributed by atoms with Gasteiger partial charge in [-0.1, -0.05) is 36.8 Å². The molecule has 1 aliphatic rings. The van der Waals surface area contributed by atoms with Crippen LogP contribution in [0.1, 0.15) is 19.3 Å². The van der Waals surface area contributed by atoms with Gasteiger partial charge in [0.2, 0.25) is 0 Å². The van der Waals surface area contributed by atoms with Crippen molar-refractivity contribution in [2.24, 2.45) is 11.7 Å². The third-order valence-corrected chi connectivity index (χ3v) is 3.53. The number of nitrogens with two attached hydrogens (primary N) is 1. The first-order valence-corrected chi connectivity index (χ1v) is 6.49. The van der Waals surface area contributed by atoms with E-state index in [2.05, 4.69) is 10.6 Å². The number of benzene rings is 1. The normalized spacial score (nSPS) is 22.4. The van der Waals surface area contributed by atoms with Crippen LogP contribution in [0.5, 0.6) is 0 Å². The summed E-state index contributed by atoms with van der Waals surface area (Å²) in [6, 6.07) is 9.22. The predicted molar refractivity (Wildman–Crippen MR) is 76.5 cm³/mol. The molecule has 0 heterocycles. The summed E-state index contributed by atoms with van der Waals surface area (Å²) in [7, 11) is 0. The Hall–Kier alpha value is -1.62. The lowest BCUT2D eigenvalue weighted by Crippen LogP contribution is -2.43. The number of rotatable bonds is 3. The lowest BCUT2D eigenvalue weighted by atomic mass is 10.0. The molecule has 4 nitrogen and oxygen atoms in total. The average molecular weight is 263 g/mol. The van der Waals surface area contributed by atoms with Gasteiger partial charge in [-0.25, -0.2) is 4.79 Å². The number of thiocarbonyl (C=S) groups is 1. The van der Waals surface area contributed by atoms with Gasteiger partial charge in [0.25, 0.3) is 0 Å². The van der Waals surface area contributed by atoms with Gasteiger partial charge >= 0.3 is 6.03 Å². The van der Waals surface area contributed by atoms with Gasteiger partial charge in [-0.3, -0.25) is 0 Å². The minimum Gasteiger partial charge on any atom is -0.393 e. The van der Waals surface area contributed by atoms with Crippen LogP contribution in [0, 0.1) is 5.92 Å². The fourth-order valence-electron chi connectivity index (χ4n) is 2.33. The van der Waals surface area contributed by atoms with Gasteiger partial charge in [0, 0.05) is 17.6 Å². The molecule has 1 saturated carbocycles. The summed E-state index contributed by atoms with van der Waals surface area (Å²) in [5.74, 6) is 0.126. The van der Waals surface area contributed by atoms with Crippen molar-refractivity contribution in [2.45, 2.75) is 25.3 Å². The number of hydrogen-bond donors (Lipinski definition) is 3. The number of carbonyl (C=O) groups is 1. The van der Waals surface area contributed by atoms with Crippen LogP contribution in [0.3, 0.4) is 0 Å². The molecule has 2 unspecified atom stereocenters. The Morgan fingerprint density at radius 1 is 1.28 bits per heavy atom. The zero-order valence-corrected chi connectivity index (χ0v) is 10.9. The smallest absolute Gasteiger partial charge is 0.319 e. The number of carbonyl (C=O) groups excluding carboxylic acids is 1. The maximum absolute atomic E-state index is 11.8. The van der Waals surface area contributed by atoms with Crippen LogP contribution in [-0.2, 0) is 0 Å². The number of hydrogen-bond acceptors (Lipinski definition) is 2. The van der Waals surface area contributed by atoms with E-state index in [4.69, 9.17) is 18.0 Å². The second kappa shape index (κ2) is 5.82. The quantitative estimate of drug-likeness (QED) is 0.733. The first-order valence-electron chi connectivity index (χ1n) is 6.08. The van der Waals surface area contributed by atoms with Crippen molar-refractivity contribution in [1.82, 2.24) is 5.32 Å². The highest BCUT2D eigenvalue weighted by Gasteiger charge is 2.30. The molecule has 5 heteroatoms. The Kier molecular flexibility index (Phi) is 4.15. The zero-order valence-electron chi connectivity index (χ0n) is 10.1. The summed E-state index contributed by atoms with van der Waals surface area (Å²) in [5, 5.41) is 5.74. The van der Waals surface area contributed by atoms with Gasteiger partial charge in [0.15, 0.2) is 0 Å². The third-order valence-electron chi connectivity index (χ3n) is 3.23. The van der Waals surface area contributed by atoms with Crippen molar-refractivity contribution in [3.05, 3.63) is 30.3 Å². The maximum Gasteiger partial charge on any atom is 0.319 e. The topological polar surface area (TPSA) is 67.1 Å². The molecular formula is C13H17N3OS. The minimum atomic E-state index is -0.200. The van der Waals surface area contributed by atoms with Crippen LogP contribution in [0.15, 0.2) is 30.3 Å². The molecule has 2 amide bonds. The number of anilines is 1. The highest BCUT2D eigenvalue weighted by atomic mass is 32.1. The molecule has 4 N–H and O–H groups in total. The Balaban J connectivity index is 1.90. The number of nitrogens with one attached hydrogen (secondary N) is 2. The van der Waals surface area contributed by atoms with Gasteiger partial charge in [-0.05, 0) is 25.0 Å². The SMILES string of the molecule is NC(=S)C1CCCC1NC(=O)Nc1ccccc1. The molecule has 0 aliphatic heterocycles. The van der Waals surface area contributed by atoms with Gasteiger partial charge in [0.1, 0.15) is 0 Å². The fourth-order valence-corrected chi connectivity index (χ4v) is 2.61. The Labute approximate surface area is 112 Å². The Morgan fingerprint density at radius 3 is 2.67 bits per heavy atom. The van der Waals surface area contributed by atoms with Gasteiger partial charge in [-0.2, -0.15) is 0 Å². The summed E-state index contributed by atoms with van der Waals surface area (Å²) in [6.07, 6.45) is 2.95. The van der Waals surface area contributed by atoms with Gasteiger partial charge < -0.3 is 16.4 Å². The van der Waals surface area contributed by atoms with Crippen LogP contribution >= 0.6 is 12.2 Å². The highest BCUT2D eigenvalue weighted by molar-refractivity contribution is 7.80. The van der Waals surface area contributed by atoms with Gasteiger partial charge in [-0.15, -0.1) is 0 Å². The van der Waals surface area contributed by atoms with E-state index in [1.165, 1.54) is 0 Å². The molecule has 1 aromatic rings. The molecule has 96 valence electrons. The molecule has 1 aliphatic carbocycles. The third kappa shape index (κ3) is 3.20. The van der Waals surface area contributed by atoms with Crippen LogP contribution < -0.4 is 16.4 Å². The molecule has 0 aromatic heterocycles. The van der Waals surface area contributed by atoms with E-state index < -0.39 is 0 Å². The van der Waals surface area contributed by atoms with Crippen LogP contribution in [0.4, 0.5) is 10.5 Å². The average Bonchev–Trinajstić information content (AvgIpc) is 2.78. The fraction of sp³-hybridized carbons (Fsp3) is 0.385. The van der Waals surface area contributed by atoms with Crippen molar-refractivity contribution in [3.63, 3.8) is 0 Å². The van der Waals surface area contributed by atoms with Crippen molar-refractivity contribution in [2.75, 3.05) is 5.32 Å². The molecule has 0 bridgehead atoms. The van der Waals surface area contributed by atoms with Crippen molar-refractivity contribution in [1.29, 1.82) is 0 Å². The molecular weight excluding hydrogens is 246 g/mol. The second-order valence-electron chi connectivity index (χ2n) is 4.51. The summed E-state index contributed by atoms with van der Waals surface area (Å²) in [6.45, 7) is 0. The molecule has 1 fully saturated rings. The standard InChI is InChI=1S/C13H17N3OS/c14-12(18)10-7-4-8-11(10)16-13(17)15-9-5-2-1-3-6-9/h1-3,5-6,10-11H,4,7-8H2,(H2,14,18)(H2,15,16,17). The van der Waals surface area contributed by atoms with Crippen molar-refractivity contribution < 1.29 is 4.79 Å². The minimum absolute atomic E-state index is 0.0613. The summed E-state index contributed by atoms with van der Waals surface area (Å²) in [5.41, 5.74) is 6.45. The molecule has 0 radical (unpaired) electrons. The molecule has 2 rings (SSSR count). The molecule has 18 heavy (non-hydrogen) atoms. The number of amides is 2. The van der Waals surface area contributed by atoms with Crippen molar-refractivity contribution >= 4 is 28.9 Å². The van der Waals surface area contributed by atoms with Crippen LogP contribution in [0.25, 0.3) is 0 Å².